The molecule has 0 saturated heterocycles. The van der Waals surface area contributed by atoms with E-state index in [0.717, 1.165) is 17.2 Å². The molecule has 2 N–H and O–H groups in total. The van der Waals surface area contributed by atoms with Gasteiger partial charge >= 0.3 is 6.18 Å². The summed E-state index contributed by atoms with van der Waals surface area (Å²) in [6.45, 7) is 4.41. The van der Waals surface area contributed by atoms with E-state index in [0.29, 0.717) is 54.5 Å². The van der Waals surface area contributed by atoms with Crippen LogP contribution in [0.15, 0.2) is 102 Å². The molecule has 0 radical (unpaired) electrons. The first-order valence-electron chi connectivity index (χ1n) is 13.7. The summed E-state index contributed by atoms with van der Waals surface area (Å²) in [4.78, 5) is 24.3. The molecule has 0 aliphatic rings. The molecule has 0 saturated carbocycles. The Kier molecular flexibility index (Phi) is 10.4. The lowest BCUT2D eigenvalue weighted by atomic mass is 9.92. The molecule has 1 heterocycles. The number of aromatic nitrogens is 2. The van der Waals surface area contributed by atoms with Crippen LogP contribution in [-0.4, -0.2) is 28.7 Å². The molecule has 4 rings (SSSR count). The van der Waals surface area contributed by atoms with Crippen molar-refractivity contribution in [3.8, 4) is 11.3 Å². The molecule has 0 spiro atoms. The van der Waals surface area contributed by atoms with E-state index in [1.807, 2.05) is 42.5 Å². The van der Waals surface area contributed by atoms with Crippen LogP contribution >= 0.6 is 0 Å². The normalized spacial score (nSPS) is 12.9. The molecule has 6 nitrogen and oxygen atoms in total. The summed E-state index contributed by atoms with van der Waals surface area (Å²) in [5.41, 5.74) is 3.34. The van der Waals surface area contributed by atoms with Crippen molar-refractivity contribution < 1.29 is 22.7 Å². The Morgan fingerprint density at radius 1 is 1.05 bits per heavy atom. The van der Waals surface area contributed by atoms with Crippen LogP contribution < -0.4 is 5.32 Å². The van der Waals surface area contributed by atoms with Gasteiger partial charge in [0.2, 0.25) is 0 Å². The third-order valence-corrected chi connectivity index (χ3v) is 6.66. The number of carbonyl (C=O) groups excluding carboxylic acids is 1. The number of carbonyl (C=O) groups is 1. The number of aliphatic imine (C=N–C) groups is 1. The Labute approximate surface area is 243 Å². The molecule has 4 aromatic rings. The number of hydrogen-bond donors (Lipinski definition) is 2. The molecule has 0 fully saturated rings. The lowest BCUT2D eigenvalue weighted by Crippen LogP contribution is -2.13. The Balaban J connectivity index is 1.49. The van der Waals surface area contributed by atoms with Gasteiger partial charge in [-0.3, -0.25) is 9.79 Å². The Morgan fingerprint density at radius 2 is 1.81 bits per heavy atom. The number of ether oxygens (including phenoxy) is 1. The maximum absolute atomic E-state index is 13.5. The third kappa shape index (κ3) is 8.27. The molecule has 218 valence electrons. The largest absolute Gasteiger partial charge is 0.416 e. The SMILES string of the molecule is CC=N/C(=C\C)C(=O)Nc1ccc(-c2cnc(C(CCCOCc3ccccc3)c3cccc(C(F)(F)F)c3)[nH]2)cc1. The highest BCUT2D eigenvalue weighted by atomic mass is 19.4. The fourth-order valence-electron chi connectivity index (χ4n) is 4.54. The molecule has 9 heteroatoms. The lowest BCUT2D eigenvalue weighted by Gasteiger charge is -2.17. The molecule has 0 aliphatic heterocycles. The number of anilines is 1. The van der Waals surface area contributed by atoms with Crippen molar-refractivity contribution in [2.45, 2.75) is 45.4 Å². The minimum absolute atomic E-state index is 0.311. The summed E-state index contributed by atoms with van der Waals surface area (Å²) in [6, 6.07) is 22.4. The minimum Gasteiger partial charge on any atom is -0.377 e. The standard InChI is InChI=1S/C33H33F3N4O2/c1-3-29(37-4-2)32(41)39-27-17-15-24(16-18-27)30-21-38-31(40-30)28(25-12-8-13-26(20-25)33(34,35)36)14-9-19-42-22-23-10-6-5-7-11-23/h3-8,10-13,15-18,20-21,28H,9,14,19,22H2,1-2H3,(H,38,40)(H,39,41)/b29-3-,37-4?. The molecular formula is C33H33F3N4O2. The number of allylic oxidation sites excluding steroid dienone is 1. The average Bonchev–Trinajstić information content (AvgIpc) is 3.48. The first kappa shape index (κ1) is 30.5. The van der Waals surface area contributed by atoms with Crippen molar-refractivity contribution in [2.24, 2.45) is 4.99 Å². The molecule has 0 bridgehead atoms. The van der Waals surface area contributed by atoms with Crippen molar-refractivity contribution in [2.75, 3.05) is 11.9 Å². The maximum Gasteiger partial charge on any atom is 0.416 e. The van der Waals surface area contributed by atoms with E-state index in [1.165, 1.54) is 12.1 Å². The fourth-order valence-corrected chi connectivity index (χ4v) is 4.54. The first-order chi connectivity index (χ1) is 20.3. The predicted octanol–water partition coefficient (Wildman–Crippen LogP) is 8.16. The summed E-state index contributed by atoms with van der Waals surface area (Å²) in [5.74, 6) is -0.137. The smallest absolute Gasteiger partial charge is 0.377 e. The number of benzene rings is 3. The van der Waals surface area contributed by atoms with Gasteiger partial charge in [0.05, 0.1) is 24.1 Å². The molecule has 42 heavy (non-hydrogen) atoms. The monoisotopic (exact) mass is 574 g/mol. The number of nitrogens with zero attached hydrogens (tertiary/aromatic N) is 2. The maximum atomic E-state index is 13.5. The minimum atomic E-state index is -4.44. The highest BCUT2D eigenvalue weighted by Crippen LogP contribution is 2.35. The highest BCUT2D eigenvalue weighted by molar-refractivity contribution is 6.04. The molecule has 1 aromatic heterocycles. The zero-order valence-corrected chi connectivity index (χ0v) is 23.5. The molecule has 1 amide bonds. The van der Waals surface area contributed by atoms with Gasteiger partial charge in [-0.15, -0.1) is 0 Å². The number of halogens is 3. The lowest BCUT2D eigenvalue weighted by molar-refractivity contribution is -0.137. The fraction of sp³-hybridized carbons (Fsp3) is 0.242. The van der Waals surface area contributed by atoms with Gasteiger partial charge in [0, 0.05) is 24.4 Å². The van der Waals surface area contributed by atoms with Crippen molar-refractivity contribution in [1.82, 2.24) is 9.97 Å². The summed E-state index contributed by atoms with van der Waals surface area (Å²) >= 11 is 0. The van der Waals surface area contributed by atoms with Gasteiger partial charge in [-0.05, 0) is 61.6 Å². The van der Waals surface area contributed by atoms with Crippen molar-refractivity contribution in [3.63, 3.8) is 0 Å². The van der Waals surface area contributed by atoms with Gasteiger partial charge in [0.1, 0.15) is 11.5 Å². The van der Waals surface area contributed by atoms with E-state index in [1.54, 1.807) is 50.5 Å². The Morgan fingerprint density at radius 3 is 2.50 bits per heavy atom. The average molecular weight is 575 g/mol. The van der Waals surface area contributed by atoms with E-state index >= 15 is 0 Å². The van der Waals surface area contributed by atoms with Crippen LogP contribution in [-0.2, 0) is 22.3 Å². The van der Waals surface area contributed by atoms with Gasteiger partial charge in [-0.1, -0.05) is 66.7 Å². The number of amides is 1. The van der Waals surface area contributed by atoms with Crippen LogP contribution in [0.3, 0.4) is 0 Å². The highest BCUT2D eigenvalue weighted by Gasteiger charge is 2.31. The van der Waals surface area contributed by atoms with Crippen LogP contribution in [0, 0.1) is 0 Å². The topological polar surface area (TPSA) is 79.4 Å². The van der Waals surface area contributed by atoms with E-state index in [4.69, 9.17) is 4.74 Å². The van der Waals surface area contributed by atoms with Crippen LogP contribution in [0.2, 0.25) is 0 Å². The van der Waals surface area contributed by atoms with Crippen molar-refractivity contribution in [1.29, 1.82) is 0 Å². The van der Waals surface area contributed by atoms with E-state index in [9.17, 15) is 18.0 Å². The number of alkyl halides is 3. The van der Waals surface area contributed by atoms with Crippen LogP contribution in [0.5, 0.6) is 0 Å². The van der Waals surface area contributed by atoms with Gasteiger partial charge < -0.3 is 15.0 Å². The van der Waals surface area contributed by atoms with Gasteiger partial charge in [0.25, 0.3) is 5.91 Å². The summed E-state index contributed by atoms with van der Waals surface area (Å²) in [7, 11) is 0. The number of rotatable bonds is 12. The zero-order chi connectivity index (χ0) is 30.0. The quantitative estimate of drug-likeness (QED) is 0.102. The van der Waals surface area contributed by atoms with E-state index in [-0.39, 0.29) is 5.91 Å². The molecular weight excluding hydrogens is 541 g/mol. The molecule has 1 unspecified atom stereocenters. The molecule has 1 atom stereocenters. The number of aromatic amines is 1. The van der Waals surface area contributed by atoms with Gasteiger partial charge in [-0.2, -0.15) is 13.2 Å². The summed E-state index contributed by atoms with van der Waals surface area (Å²) < 4.78 is 46.3. The zero-order valence-electron chi connectivity index (χ0n) is 23.5. The molecule has 0 aliphatic carbocycles. The predicted molar refractivity (Wildman–Crippen MR) is 159 cm³/mol. The second kappa shape index (κ2) is 14.4. The Hall–Kier alpha value is -4.50. The van der Waals surface area contributed by atoms with Crippen LogP contribution in [0.1, 0.15) is 55.1 Å². The van der Waals surface area contributed by atoms with Crippen molar-refractivity contribution in [3.05, 3.63) is 119 Å². The number of H-pyrrole nitrogens is 1. The number of nitrogens with one attached hydrogen (secondary N) is 2. The second-order valence-electron chi connectivity index (χ2n) is 9.63. The van der Waals surface area contributed by atoms with Crippen LogP contribution in [0.4, 0.5) is 18.9 Å². The second-order valence-corrected chi connectivity index (χ2v) is 9.63. The summed E-state index contributed by atoms with van der Waals surface area (Å²) in [6.07, 6.45) is 1.59. The van der Waals surface area contributed by atoms with Crippen molar-refractivity contribution >= 4 is 17.8 Å². The van der Waals surface area contributed by atoms with Gasteiger partial charge in [-0.25, -0.2) is 4.98 Å². The third-order valence-electron chi connectivity index (χ3n) is 6.66. The van der Waals surface area contributed by atoms with E-state index in [2.05, 4.69) is 20.3 Å². The van der Waals surface area contributed by atoms with E-state index < -0.39 is 17.7 Å². The summed E-state index contributed by atoms with van der Waals surface area (Å²) in [5, 5.41) is 2.81. The number of imidazole rings is 1. The Bertz CT molecular complexity index is 1510. The number of hydrogen-bond acceptors (Lipinski definition) is 4. The van der Waals surface area contributed by atoms with Gasteiger partial charge in [0.15, 0.2) is 0 Å². The van der Waals surface area contributed by atoms with Crippen LogP contribution in [0.25, 0.3) is 11.3 Å². The first-order valence-corrected chi connectivity index (χ1v) is 13.7. The molecule has 3 aromatic carbocycles.